The lowest BCUT2D eigenvalue weighted by atomic mass is 10.2. The second-order valence-corrected chi connectivity index (χ2v) is 4.95. The third-order valence-corrected chi connectivity index (χ3v) is 4.14. The van der Waals surface area contributed by atoms with E-state index in [0.29, 0.717) is 4.60 Å². The highest BCUT2D eigenvalue weighted by atomic mass is 79.9. The van der Waals surface area contributed by atoms with Crippen molar-refractivity contribution in [2.45, 2.75) is 6.61 Å². The van der Waals surface area contributed by atoms with Gasteiger partial charge in [-0.05, 0) is 40.2 Å². The van der Waals surface area contributed by atoms with E-state index in [4.69, 9.17) is 9.84 Å². The number of aliphatic hydroxyl groups excluding tert-OH is 1. The van der Waals surface area contributed by atoms with Crippen molar-refractivity contribution in [3.63, 3.8) is 0 Å². The average molecular weight is 300 g/mol. The molecule has 0 unspecified atom stereocenters. The first-order chi connectivity index (χ1) is 7.74. The van der Waals surface area contributed by atoms with Crippen LogP contribution in [0.15, 0.2) is 28.9 Å². The molecule has 3 nitrogen and oxygen atoms in total. The summed E-state index contributed by atoms with van der Waals surface area (Å²) < 4.78 is 5.80. The summed E-state index contributed by atoms with van der Waals surface area (Å²) in [7, 11) is 1.64. The minimum atomic E-state index is 0.00834. The molecule has 5 heteroatoms. The molecule has 0 bridgehead atoms. The molecule has 0 spiro atoms. The number of ether oxygens (including phenoxy) is 1. The second-order valence-electron chi connectivity index (χ2n) is 3.12. The number of rotatable bonds is 3. The first kappa shape index (κ1) is 11.6. The lowest BCUT2D eigenvalue weighted by Gasteiger charge is -1.99. The summed E-state index contributed by atoms with van der Waals surface area (Å²) in [6.07, 6.45) is 0. The Kier molecular flexibility index (Phi) is 3.58. The SMILES string of the molecule is COc1ccc(-c2nc(Br)c(CO)s2)cc1. The van der Waals surface area contributed by atoms with E-state index in [2.05, 4.69) is 20.9 Å². The first-order valence-electron chi connectivity index (χ1n) is 4.65. The van der Waals surface area contributed by atoms with Crippen molar-refractivity contribution in [1.82, 2.24) is 4.98 Å². The van der Waals surface area contributed by atoms with Crippen LogP contribution in [0.3, 0.4) is 0 Å². The van der Waals surface area contributed by atoms with Crippen LogP contribution in [0.4, 0.5) is 0 Å². The molecule has 16 heavy (non-hydrogen) atoms. The van der Waals surface area contributed by atoms with E-state index in [1.54, 1.807) is 7.11 Å². The molecular weight excluding hydrogens is 290 g/mol. The molecule has 2 aromatic rings. The molecule has 0 atom stereocenters. The Labute approximate surface area is 106 Å². The quantitative estimate of drug-likeness (QED) is 0.947. The Hall–Kier alpha value is -0.910. The highest BCUT2D eigenvalue weighted by Crippen LogP contribution is 2.31. The second kappa shape index (κ2) is 4.95. The number of nitrogens with zero attached hydrogens (tertiary/aromatic N) is 1. The largest absolute Gasteiger partial charge is 0.497 e. The molecule has 0 fully saturated rings. The van der Waals surface area contributed by atoms with Gasteiger partial charge in [-0.1, -0.05) is 0 Å². The third-order valence-electron chi connectivity index (χ3n) is 2.13. The van der Waals surface area contributed by atoms with Crippen molar-refractivity contribution in [1.29, 1.82) is 0 Å². The van der Waals surface area contributed by atoms with Gasteiger partial charge < -0.3 is 9.84 Å². The summed E-state index contributed by atoms with van der Waals surface area (Å²) in [5, 5.41) is 9.97. The van der Waals surface area contributed by atoms with Crippen molar-refractivity contribution in [2.24, 2.45) is 0 Å². The zero-order chi connectivity index (χ0) is 11.5. The number of aliphatic hydroxyl groups is 1. The van der Waals surface area contributed by atoms with E-state index in [0.717, 1.165) is 21.2 Å². The normalized spacial score (nSPS) is 10.4. The predicted molar refractivity (Wildman–Crippen MR) is 67.7 cm³/mol. The van der Waals surface area contributed by atoms with Crippen molar-refractivity contribution < 1.29 is 9.84 Å². The Morgan fingerprint density at radius 2 is 2.06 bits per heavy atom. The molecule has 1 aromatic heterocycles. The topological polar surface area (TPSA) is 42.4 Å². The molecule has 1 heterocycles. The van der Waals surface area contributed by atoms with E-state index in [-0.39, 0.29) is 6.61 Å². The fourth-order valence-corrected chi connectivity index (χ4v) is 2.77. The van der Waals surface area contributed by atoms with E-state index < -0.39 is 0 Å². The van der Waals surface area contributed by atoms with Crippen molar-refractivity contribution in [2.75, 3.05) is 7.11 Å². The van der Waals surface area contributed by atoms with Crippen LogP contribution in [0.2, 0.25) is 0 Å². The van der Waals surface area contributed by atoms with E-state index in [9.17, 15) is 0 Å². The molecule has 0 aliphatic rings. The monoisotopic (exact) mass is 299 g/mol. The van der Waals surface area contributed by atoms with Gasteiger partial charge in [0.15, 0.2) is 0 Å². The van der Waals surface area contributed by atoms with Gasteiger partial charge in [-0.3, -0.25) is 0 Å². The van der Waals surface area contributed by atoms with Gasteiger partial charge >= 0.3 is 0 Å². The molecule has 0 saturated carbocycles. The summed E-state index contributed by atoms with van der Waals surface area (Å²) in [5.74, 6) is 0.821. The molecule has 1 N–H and O–H groups in total. The van der Waals surface area contributed by atoms with Crippen LogP contribution in [0, 0.1) is 0 Å². The Morgan fingerprint density at radius 1 is 1.38 bits per heavy atom. The highest BCUT2D eigenvalue weighted by molar-refractivity contribution is 9.10. The average Bonchev–Trinajstić information content (AvgIpc) is 2.71. The number of aromatic nitrogens is 1. The zero-order valence-corrected chi connectivity index (χ0v) is 11.0. The standard InChI is InChI=1S/C11H10BrNO2S/c1-15-8-4-2-7(3-5-8)11-13-10(12)9(6-14)16-11/h2-5,14H,6H2,1H3. The maximum atomic E-state index is 9.08. The van der Waals surface area contributed by atoms with Crippen LogP contribution < -0.4 is 4.74 Å². The van der Waals surface area contributed by atoms with Crippen molar-refractivity contribution >= 4 is 27.3 Å². The molecule has 0 radical (unpaired) electrons. The fourth-order valence-electron chi connectivity index (χ4n) is 1.29. The fraction of sp³-hybridized carbons (Fsp3) is 0.182. The van der Waals surface area contributed by atoms with Gasteiger partial charge in [0.1, 0.15) is 15.4 Å². The van der Waals surface area contributed by atoms with Gasteiger partial charge in [0.05, 0.1) is 18.6 Å². The summed E-state index contributed by atoms with van der Waals surface area (Å²) >= 11 is 4.79. The van der Waals surface area contributed by atoms with E-state index in [1.165, 1.54) is 11.3 Å². The molecule has 0 saturated heterocycles. The minimum absolute atomic E-state index is 0.00834. The number of hydrogen-bond acceptors (Lipinski definition) is 4. The van der Waals surface area contributed by atoms with E-state index >= 15 is 0 Å². The van der Waals surface area contributed by atoms with Crippen LogP contribution >= 0.6 is 27.3 Å². The molecule has 1 aromatic carbocycles. The van der Waals surface area contributed by atoms with Crippen LogP contribution in [0.25, 0.3) is 10.6 Å². The maximum Gasteiger partial charge on any atom is 0.125 e. The van der Waals surface area contributed by atoms with Crippen molar-refractivity contribution in [3.8, 4) is 16.3 Å². The molecule has 0 amide bonds. The Morgan fingerprint density at radius 3 is 2.56 bits per heavy atom. The van der Waals surface area contributed by atoms with Crippen LogP contribution in [-0.4, -0.2) is 17.2 Å². The number of halogens is 1. The number of thiazole rings is 1. The van der Waals surface area contributed by atoms with Gasteiger partial charge in [-0.25, -0.2) is 4.98 Å². The third kappa shape index (κ3) is 2.26. The van der Waals surface area contributed by atoms with Crippen LogP contribution in [-0.2, 0) is 6.61 Å². The molecule has 84 valence electrons. The van der Waals surface area contributed by atoms with Crippen molar-refractivity contribution in [3.05, 3.63) is 33.7 Å². The first-order valence-corrected chi connectivity index (χ1v) is 6.26. The highest BCUT2D eigenvalue weighted by Gasteiger charge is 2.09. The lowest BCUT2D eigenvalue weighted by Crippen LogP contribution is -1.82. The van der Waals surface area contributed by atoms with E-state index in [1.807, 2.05) is 24.3 Å². The molecule has 0 aliphatic heterocycles. The summed E-state index contributed by atoms with van der Waals surface area (Å²) in [6.45, 7) is 0.00834. The number of methoxy groups -OCH3 is 1. The van der Waals surface area contributed by atoms with Gasteiger partial charge in [0, 0.05) is 5.56 Å². The number of hydrogen-bond donors (Lipinski definition) is 1. The minimum Gasteiger partial charge on any atom is -0.497 e. The van der Waals surface area contributed by atoms with Crippen LogP contribution in [0.1, 0.15) is 4.88 Å². The summed E-state index contributed by atoms with van der Waals surface area (Å²) in [4.78, 5) is 5.18. The van der Waals surface area contributed by atoms with Gasteiger partial charge in [0.2, 0.25) is 0 Å². The lowest BCUT2D eigenvalue weighted by molar-refractivity contribution is 0.284. The predicted octanol–water partition coefficient (Wildman–Crippen LogP) is 3.07. The molecule has 0 aliphatic carbocycles. The smallest absolute Gasteiger partial charge is 0.125 e. The van der Waals surface area contributed by atoms with Gasteiger partial charge in [0.25, 0.3) is 0 Å². The Bertz CT molecular complexity index is 481. The van der Waals surface area contributed by atoms with Gasteiger partial charge in [-0.15, -0.1) is 11.3 Å². The summed E-state index contributed by atoms with van der Waals surface area (Å²) in [6, 6.07) is 7.68. The molecule has 2 rings (SSSR count). The maximum absolute atomic E-state index is 9.08. The Balaban J connectivity index is 2.34. The zero-order valence-electron chi connectivity index (χ0n) is 8.61. The van der Waals surface area contributed by atoms with Crippen LogP contribution in [0.5, 0.6) is 5.75 Å². The summed E-state index contributed by atoms with van der Waals surface area (Å²) in [5.41, 5.74) is 1.02. The molecular formula is C11H10BrNO2S. The van der Waals surface area contributed by atoms with Gasteiger partial charge in [-0.2, -0.15) is 0 Å². The number of benzene rings is 1.